The fourth-order valence-electron chi connectivity index (χ4n) is 2.51. The topological polar surface area (TPSA) is 49.8 Å². The minimum atomic E-state index is -0.596. The summed E-state index contributed by atoms with van der Waals surface area (Å²) in [5.41, 5.74) is 2.87. The summed E-state index contributed by atoms with van der Waals surface area (Å²) in [5.74, 6) is -0.280. The number of hydrogen-bond donors (Lipinski definition) is 1. The van der Waals surface area contributed by atoms with Crippen molar-refractivity contribution in [3.05, 3.63) is 71.3 Å². The molecule has 1 unspecified atom stereocenters. The Hall–Kier alpha value is -2.17. The number of aliphatic hydroxyl groups excluding tert-OH is 1. The van der Waals surface area contributed by atoms with Gasteiger partial charge in [-0.15, -0.1) is 0 Å². The molecule has 0 aliphatic rings. The van der Waals surface area contributed by atoms with Gasteiger partial charge in [0.1, 0.15) is 0 Å². The number of carbonyl (C=O) groups excluding carboxylic acids is 1. The van der Waals surface area contributed by atoms with Gasteiger partial charge in [-0.3, -0.25) is 9.69 Å². The molecular formula is C19H23NO3. The van der Waals surface area contributed by atoms with E-state index in [-0.39, 0.29) is 12.4 Å². The Morgan fingerprint density at radius 2 is 1.83 bits per heavy atom. The second kappa shape index (κ2) is 8.46. The molecule has 0 aromatic heterocycles. The van der Waals surface area contributed by atoms with Gasteiger partial charge in [-0.05, 0) is 23.7 Å². The van der Waals surface area contributed by atoms with E-state index in [9.17, 15) is 9.90 Å². The van der Waals surface area contributed by atoms with Crippen molar-refractivity contribution in [2.24, 2.45) is 0 Å². The highest BCUT2D eigenvalue weighted by Gasteiger charge is 2.12. The van der Waals surface area contributed by atoms with Gasteiger partial charge in [0.15, 0.2) is 0 Å². The molecule has 0 saturated heterocycles. The van der Waals surface area contributed by atoms with Crippen LogP contribution in [0.3, 0.4) is 0 Å². The van der Waals surface area contributed by atoms with Crippen LogP contribution in [0.15, 0.2) is 54.6 Å². The minimum absolute atomic E-state index is 0.219. The van der Waals surface area contributed by atoms with E-state index in [1.54, 1.807) is 0 Å². The molecule has 0 radical (unpaired) electrons. The number of hydrogen-bond acceptors (Lipinski definition) is 4. The molecule has 2 aromatic carbocycles. The molecular weight excluding hydrogens is 290 g/mol. The van der Waals surface area contributed by atoms with Crippen LogP contribution in [0.4, 0.5) is 0 Å². The van der Waals surface area contributed by atoms with Gasteiger partial charge in [-0.1, -0.05) is 54.6 Å². The van der Waals surface area contributed by atoms with Crippen LogP contribution in [0.2, 0.25) is 0 Å². The van der Waals surface area contributed by atoms with Gasteiger partial charge in [0.05, 0.1) is 19.6 Å². The number of esters is 1. The van der Waals surface area contributed by atoms with E-state index in [1.165, 1.54) is 12.7 Å². The summed E-state index contributed by atoms with van der Waals surface area (Å²) < 4.78 is 4.68. The van der Waals surface area contributed by atoms with E-state index in [2.05, 4.69) is 21.8 Å². The first kappa shape index (κ1) is 17.2. The molecule has 0 fully saturated rings. The molecule has 0 heterocycles. The average molecular weight is 313 g/mol. The smallest absolute Gasteiger partial charge is 0.309 e. The van der Waals surface area contributed by atoms with Crippen molar-refractivity contribution in [2.75, 3.05) is 20.7 Å². The van der Waals surface area contributed by atoms with Crippen LogP contribution in [0.1, 0.15) is 22.8 Å². The lowest BCUT2D eigenvalue weighted by Gasteiger charge is -2.21. The number of rotatable bonds is 7. The van der Waals surface area contributed by atoms with Gasteiger partial charge in [-0.25, -0.2) is 0 Å². The van der Waals surface area contributed by atoms with Gasteiger partial charge >= 0.3 is 5.97 Å². The fraction of sp³-hybridized carbons (Fsp3) is 0.316. The molecule has 1 N–H and O–H groups in total. The lowest BCUT2D eigenvalue weighted by atomic mass is 10.0. The monoisotopic (exact) mass is 313 g/mol. The standard InChI is InChI=1S/C19H23NO3/c1-20(13-15-7-4-3-5-8-15)14-18(21)17-10-6-9-16(11-17)12-19(22)23-2/h3-11,18,21H,12-14H2,1-2H3. The Morgan fingerprint density at radius 3 is 2.52 bits per heavy atom. The number of nitrogens with zero attached hydrogens (tertiary/aromatic N) is 1. The first-order valence-electron chi connectivity index (χ1n) is 7.64. The summed E-state index contributed by atoms with van der Waals surface area (Å²) in [4.78, 5) is 13.4. The molecule has 23 heavy (non-hydrogen) atoms. The number of aliphatic hydroxyl groups is 1. The van der Waals surface area contributed by atoms with Crippen LogP contribution >= 0.6 is 0 Å². The number of likely N-dealkylation sites (N-methyl/N-ethyl adjacent to an activating group) is 1. The van der Waals surface area contributed by atoms with Gasteiger partial charge in [0.25, 0.3) is 0 Å². The summed E-state index contributed by atoms with van der Waals surface area (Å²) in [6, 6.07) is 17.6. The third kappa shape index (κ3) is 5.51. The number of carbonyl (C=O) groups is 1. The molecule has 0 saturated carbocycles. The van der Waals surface area contributed by atoms with E-state index in [0.29, 0.717) is 6.54 Å². The zero-order chi connectivity index (χ0) is 16.7. The van der Waals surface area contributed by atoms with Crippen molar-refractivity contribution in [2.45, 2.75) is 19.1 Å². The Kier molecular flexibility index (Phi) is 6.32. The Bertz CT molecular complexity index is 628. The molecule has 0 aliphatic carbocycles. The van der Waals surface area contributed by atoms with Crippen LogP contribution in [-0.4, -0.2) is 36.7 Å². The van der Waals surface area contributed by atoms with Gasteiger partial charge in [-0.2, -0.15) is 0 Å². The molecule has 4 heteroatoms. The molecule has 122 valence electrons. The number of ether oxygens (including phenoxy) is 1. The largest absolute Gasteiger partial charge is 0.469 e. The van der Waals surface area contributed by atoms with Gasteiger partial charge in [0.2, 0.25) is 0 Å². The van der Waals surface area contributed by atoms with E-state index in [4.69, 9.17) is 0 Å². The second-order valence-electron chi connectivity index (χ2n) is 5.70. The highest BCUT2D eigenvalue weighted by Crippen LogP contribution is 2.17. The first-order chi connectivity index (χ1) is 11.1. The molecule has 2 aromatic rings. The average Bonchev–Trinajstić information content (AvgIpc) is 2.55. The molecule has 0 amide bonds. The van der Waals surface area contributed by atoms with Crippen LogP contribution in [0.5, 0.6) is 0 Å². The van der Waals surface area contributed by atoms with Crippen molar-refractivity contribution in [1.82, 2.24) is 4.90 Å². The summed E-state index contributed by atoms with van der Waals surface area (Å²) >= 11 is 0. The minimum Gasteiger partial charge on any atom is -0.469 e. The molecule has 0 bridgehead atoms. The molecule has 4 nitrogen and oxygen atoms in total. The third-order valence-corrected chi connectivity index (χ3v) is 3.69. The van der Waals surface area contributed by atoms with Crippen molar-refractivity contribution >= 4 is 5.97 Å². The Balaban J connectivity index is 1.95. The predicted octanol–water partition coefficient (Wildman–Crippen LogP) is 2.57. The van der Waals surface area contributed by atoms with Crippen molar-refractivity contribution in [1.29, 1.82) is 0 Å². The molecule has 1 atom stereocenters. The molecule has 0 aliphatic heterocycles. The van der Waals surface area contributed by atoms with Crippen LogP contribution in [-0.2, 0) is 22.5 Å². The fourth-order valence-corrected chi connectivity index (χ4v) is 2.51. The van der Waals surface area contributed by atoms with Crippen LogP contribution < -0.4 is 0 Å². The summed E-state index contributed by atoms with van der Waals surface area (Å²) in [7, 11) is 3.36. The van der Waals surface area contributed by atoms with Crippen molar-refractivity contribution < 1.29 is 14.6 Å². The first-order valence-corrected chi connectivity index (χ1v) is 7.64. The van der Waals surface area contributed by atoms with Crippen molar-refractivity contribution in [3.63, 3.8) is 0 Å². The molecule has 2 rings (SSSR count). The van der Waals surface area contributed by atoms with E-state index in [0.717, 1.165) is 17.7 Å². The maximum absolute atomic E-state index is 11.4. The maximum atomic E-state index is 11.4. The zero-order valence-corrected chi connectivity index (χ0v) is 13.6. The van der Waals surface area contributed by atoms with Crippen LogP contribution in [0, 0.1) is 0 Å². The Labute approximate surface area is 137 Å². The van der Waals surface area contributed by atoms with E-state index < -0.39 is 6.10 Å². The second-order valence-corrected chi connectivity index (χ2v) is 5.70. The quantitative estimate of drug-likeness (QED) is 0.798. The highest BCUT2D eigenvalue weighted by atomic mass is 16.5. The zero-order valence-electron chi connectivity index (χ0n) is 13.6. The van der Waals surface area contributed by atoms with Gasteiger partial charge in [0, 0.05) is 13.1 Å². The van der Waals surface area contributed by atoms with E-state index >= 15 is 0 Å². The van der Waals surface area contributed by atoms with Gasteiger partial charge < -0.3 is 9.84 Å². The number of methoxy groups -OCH3 is 1. The lowest BCUT2D eigenvalue weighted by molar-refractivity contribution is -0.139. The lowest BCUT2D eigenvalue weighted by Crippen LogP contribution is -2.24. The van der Waals surface area contributed by atoms with E-state index in [1.807, 2.05) is 49.5 Å². The highest BCUT2D eigenvalue weighted by molar-refractivity contribution is 5.72. The predicted molar refractivity (Wildman–Crippen MR) is 89.9 cm³/mol. The SMILES string of the molecule is COC(=O)Cc1cccc(C(O)CN(C)Cc2ccccc2)c1. The number of benzene rings is 2. The summed E-state index contributed by atoms with van der Waals surface area (Å²) in [6.45, 7) is 1.30. The molecule has 0 spiro atoms. The summed E-state index contributed by atoms with van der Waals surface area (Å²) in [6.07, 6.45) is -0.377. The summed E-state index contributed by atoms with van der Waals surface area (Å²) in [5, 5.41) is 10.4. The maximum Gasteiger partial charge on any atom is 0.309 e. The van der Waals surface area contributed by atoms with Crippen LogP contribution in [0.25, 0.3) is 0 Å². The Morgan fingerprint density at radius 1 is 1.13 bits per heavy atom. The third-order valence-electron chi connectivity index (χ3n) is 3.69. The van der Waals surface area contributed by atoms with Crippen molar-refractivity contribution in [3.8, 4) is 0 Å². The normalized spacial score (nSPS) is 12.2.